The Morgan fingerprint density at radius 1 is 1.25 bits per heavy atom. The van der Waals surface area contributed by atoms with E-state index in [0.29, 0.717) is 12.1 Å². The Balaban J connectivity index is 0.000000891. The van der Waals surface area contributed by atoms with Crippen molar-refractivity contribution in [2.75, 3.05) is 46.3 Å². The predicted molar refractivity (Wildman–Crippen MR) is 101 cm³/mol. The van der Waals surface area contributed by atoms with E-state index in [9.17, 15) is 4.79 Å². The number of likely N-dealkylation sites (N-methyl/N-ethyl adjacent to an activating group) is 1. The number of terminal acetylenes is 1. The molecule has 2 rings (SSSR count). The second kappa shape index (κ2) is 11.7. The molecule has 132 valence electrons. The van der Waals surface area contributed by atoms with E-state index in [1.807, 2.05) is 12.1 Å². The van der Waals surface area contributed by atoms with Crippen LogP contribution in [0.1, 0.15) is 42.6 Å². The molecule has 4 heteroatoms. The number of hydrogen-bond acceptors (Lipinski definition) is 3. The lowest BCUT2D eigenvalue weighted by molar-refractivity contribution is 0.0949. The number of piperazine rings is 1. The molecule has 1 aromatic carbocycles. The Hall–Kier alpha value is -1.83. The zero-order valence-corrected chi connectivity index (χ0v) is 15.3. The van der Waals surface area contributed by atoms with E-state index in [4.69, 9.17) is 6.42 Å². The second-order valence-electron chi connectivity index (χ2n) is 6.19. The van der Waals surface area contributed by atoms with E-state index >= 15 is 0 Å². The van der Waals surface area contributed by atoms with Gasteiger partial charge in [0.1, 0.15) is 0 Å². The molecule has 1 aliphatic rings. The fraction of sp³-hybridized carbons (Fsp3) is 0.550. The molecule has 0 saturated carbocycles. The molecule has 1 saturated heterocycles. The SMILES string of the molecule is C#Cc1cccc(C(=O)NCCCN2CCN(C)CC2)c1.CCC. The number of hydrogen-bond donors (Lipinski definition) is 1. The second-order valence-corrected chi connectivity index (χ2v) is 6.19. The standard InChI is InChI=1S/C17H23N3O.C3H8/c1-3-15-6-4-7-16(14-15)17(21)18-8-5-9-20-12-10-19(2)11-13-20;1-3-2/h1,4,6-7,14H,5,8-13H2,2H3,(H,18,21);3H2,1-2H3. The molecule has 0 bridgehead atoms. The van der Waals surface area contributed by atoms with Crippen LogP contribution < -0.4 is 5.32 Å². The molecule has 0 aromatic heterocycles. The Labute approximate surface area is 147 Å². The highest BCUT2D eigenvalue weighted by molar-refractivity contribution is 5.94. The summed E-state index contributed by atoms with van der Waals surface area (Å²) in [6.45, 7) is 10.5. The third-order valence-corrected chi connectivity index (χ3v) is 3.82. The molecule has 0 atom stereocenters. The van der Waals surface area contributed by atoms with Gasteiger partial charge in [-0.25, -0.2) is 0 Å². The number of nitrogens with one attached hydrogen (secondary N) is 1. The quantitative estimate of drug-likeness (QED) is 0.666. The van der Waals surface area contributed by atoms with Crippen LogP contribution in [-0.2, 0) is 0 Å². The van der Waals surface area contributed by atoms with Crippen LogP contribution in [0.25, 0.3) is 0 Å². The molecular formula is C20H31N3O. The van der Waals surface area contributed by atoms with Gasteiger partial charge in [0.2, 0.25) is 0 Å². The van der Waals surface area contributed by atoms with Gasteiger partial charge >= 0.3 is 0 Å². The summed E-state index contributed by atoms with van der Waals surface area (Å²) in [5.41, 5.74) is 1.37. The maximum absolute atomic E-state index is 12.0. The summed E-state index contributed by atoms with van der Waals surface area (Å²) < 4.78 is 0. The predicted octanol–water partition coefficient (Wildman–Crippen LogP) is 2.45. The average molecular weight is 329 g/mol. The lowest BCUT2D eigenvalue weighted by atomic mass is 10.1. The molecule has 0 aliphatic carbocycles. The average Bonchev–Trinajstić information content (AvgIpc) is 2.61. The van der Waals surface area contributed by atoms with Gasteiger partial charge in [0.05, 0.1) is 0 Å². The highest BCUT2D eigenvalue weighted by atomic mass is 16.1. The van der Waals surface area contributed by atoms with Gasteiger partial charge < -0.3 is 15.1 Å². The summed E-state index contributed by atoms with van der Waals surface area (Å²) in [6.07, 6.45) is 7.57. The summed E-state index contributed by atoms with van der Waals surface area (Å²) in [4.78, 5) is 16.8. The normalized spacial score (nSPS) is 15.1. The van der Waals surface area contributed by atoms with E-state index in [1.54, 1.807) is 12.1 Å². The molecule has 24 heavy (non-hydrogen) atoms. The van der Waals surface area contributed by atoms with E-state index < -0.39 is 0 Å². The van der Waals surface area contributed by atoms with E-state index in [0.717, 1.165) is 44.7 Å². The van der Waals surface area contributed by atoms with Crippen LogP contribution in [0.2, 0.25) is 0 Å². The first-order valence-corrected chi connectivity index (χ1v) is 8.86. The first-order chi connectivity index (χ1) is 11.6. The molecule has 1 aromatic rings. The first kappa shape index (κ1) is 20.2. The van der Waals surface area contributed by atoms with E-state index in [-0.39, 0.29) is 5.91 Å². The molecule has 0 radical (unpaired) electrons. The molecule has 0 spiro atoms. The van der Waals surface area contributed by atoms with Crippen molar-refractivity contribution in [3.05, 3.63) is 35.4 Å². The highest BCUT2D eigenvalue weighted by Crippen LogP contribution is 2.04. The maximum atomic E-state index is 12.0. The van der Waals surface area contributed by atoms with Crippen LogP contribution in [-0.4, -0.2) is 62.0 Å². The summed E-state index contributed by atoms with van der Waals surface area (Å²) >= 11 is 0. The smallest absolute Gasteiger partial charge is 0.251 e. The van der Waals surface area contributed by atoms with Crippen LogP contribution in [0, 0.1) is 12.3 Å². The number of carbonyl (C=O) groups excluding carboxylic acids is 1. The summed E-state index contributed by atoms with van der Waals surface area (Å²) in [5.74, 6) is 2.49. The summed E-state index contributed by atoms with van der Waals surface area (Å²) in [6, 6.07) is 7.17. The first-order valence-electron chi connectivity index (χ1n) is 8.86. The van der Waals surface area contributed by atoms with Crippen LogP contribution in [0.3, 0.4) is 0 Å². The van der Waals surface area contributed by atoms with Gasteiger partial charge in [0, 0.05) is 43.9 Å². The largest absolute Gasteiger partial charge is 0.352 e. The van der Waals surface area contributed by atoms with Gasteiger partial charge in [-0.3, -0.25) is 4.79 Å². The molecular weight excluding hydrogens is 298 g/mol. The minimum absolute atomic E-state index is 0.0505. The highest BCUT2D eigenvalue weighted by Gasteiger charge is 2.13. The van der Waals surface area contributed by atoms with Crippen molar-refractivity contribution in [2.45, 2.75) is 26.7 Å². The molecule has 0 unspecified atom stereocenters. The van der Waals surface area contributed by atoms with Gasteiger partial charge in [-0.1, -0.05) is 32.3 Å². The molecule has 1 amide bonds. The fourth-order valence-corrected chi connectivity index (χ4v) is 2.43. The van der Waals surface area contributed by atoms with Crippen LogP contribution in [0.5, 0.6) is 0 Å². The van der Waals surface area contributed by atoms with Gasteiger partial charge in [-0.15, -0.1) is 6.42 Å². The zero-order chi connectivity index (χ0) is 17.8. The lowest BCUT2D eigenvalue weighted by Gasteiger charge is -2.32. The third kappa shape index (κ3) is 7.63. The Kier molecular flexibility index (Phi) is 9.83. The van der Waals surface area contributed by atoms with Crippen molar-refractivity contribution in [3.8, 4) is 12.3 Å². The maximum Gasteiger partial charge on any atom is 0.251 e. The topological polar surface area (TPSA) is 35.6 Å². The van der Waals surface area contributed by atoms with Crippen molar-refractivity contribution in [2.24, 2.45) is 0 Å². The van der Waals surface area contributed by atoms with Crippen molar-refractivity contribution in [1.29, 1.82) is 0 Å². The lowest BCUT2D eigenvalue weighted by Crippen LogP contribution is -2.45. The van der Waals surface area contributed by atoms with Crippen molar-refractivity contribution < 1.29 is 4.79 Å². The molecule has 4 nitrogen and oxygen atoms in total. The van der Waals surface area contributed by atoms with Crippen molar-refractivity contribution in [3.63, 3.8) is 0 Å². The summed E-state index contributed by atoms with van der Waals surface area (Å²) in [5, 5.41) is 2.95. The number of amides is 1. The minimum Gasteiger partial charge on any atom is -0.352 e. The van der Waals surface area contributed by atoms with Gasteiger partial charge in [0.25, 0.3) is 5.91 Å². The molecule has 1 heterocycles. The van der Waals surface area contributed by atoms with E-state index in [2.05, 4.69) is 41.9 Å². The monoisotopic (exact) mass is 329 g/mol. The van der Waals surface area contributed by atoms with Gasteiger partial charge in [0.15, 0.2) is 0 Å². The van der Waals surface area contributed by atoms with Crippen LogP contribution in [0.15, 0.2) is 24.3 Å². The zero-order valence-electron chi connectivity index (χ0n) is 15.3. The molecule has 1 N–H and O–H groups in total. The number of carbonyl (C=O) groups is 1. The van der Waals surface area contributed by atoms with Crippen molar-refractivity contribution in [1.82, 2.24) is 15.1 Å². The van der Waals surface area contributed by atoms with Gasteiger partial charge in [-0.2, -0.15) is 0 Å². The Morgan fingerprint density at radius 3 is 2.54 bits per heavy atom. The Bertz CT molecular complexity index is 528. The van der Waals surface area contributed by atoms with E-state index in [1.165, 1.54) is 6.42 Å². The number of benzene rings is 1. The molecule has 1 fully saturated rings. The van der Waals surface area contributed by atoms with Crippen LogP contribution in [0.4, 0.5) is 0 Å². The van der Waals surface area contributed by atoms with Gasteiger partial charge in [-0.05, 0) is 38.2 Å². The van der Waals surface area contributed by atoms with Crippen LogP contribution >= 0.6 is 0 Å². The Morgan fingerprint density at radius 2 is 1.92 bits per heavy atom. The van der Waals surface area contributed by atoms with Crippen molar-refractivity contribution >= 4 is 5.91 Å². The third-order valence-electron chi connectivity index (χ3n) is 3.82. The molecule has 1 aliphatic heterocycles. The number of rotatable bonds is 5. The fourth-order valence-electron chi connectivity index (χ4n) is 2.43. The minimum atomic E-state index is -0.0505. The number of nitrogens with zero attached hydrogens (tertiary/aromatic N) is 2. The summed E-state index contributed by atoms with van der Waals surface area (Å²) in [7, 11) is 2.15.